The third-order valence-electron chi connectivity index (χ3n) is 4.01. The summed E-state index contributed by atoms with van der Waals surface area (Å²) in [5, 5.41) is 2.96. The molecule has 0 aliphatic carbocycles. The average molecular weight is 310 g/mol. The Bertz CT molecular complexity index is 605. The minimum absolute atomic E-state index is 0.0198. The number of amides is 1. The molecule has 0 bridgehead atoms. The number of hydrogen-bond donors (Lipinski definition) is 1. The molecule has 1 fully saturated rings. The molecule has 1 N–H and O–H groups in total. The lowest BCUT2D eigenvalue weighted by atomic mass is 9.97. The number of benzene rings is 1. The molecule has 1 aliphatic heterocycles. The normalized spacial score (nSPS) is 17.6. The van der Waals surface area contributed by atoms with Crippen LogP contribution in [0.3, 0.4) is 0 Å². The zero-order chi connectivity index (χ0) is 15.5. The minimum Gasteiger partial charge on any atom is -0.352 e. The molecule has 1 amide bonds. The second kappa shape index (κ2) is 6.58. The van der Waals surface area contributed by atoms with Crippen molar-refractivity contribution in [2.75, 3.05) is 19.3 Å². The van der Waals surface area contributed by atoms with E-state index >= 15 is 0 Å². The highest BCUT2D eigenvalue weighted by molar-refractivity contribution is 7.88. The van der Waals surface area contributed by atoms with E-state index in [1.807, 2.05) is 31.2 Å². The van der Waals surface area contributed by atoms with Gasteiger partial charge in [0.05, 0.1) is 6.26 Å². The number of carbonyl (C=O) groups excluding carboxylic acids is 1. The number of nitrogens with one attached hydrogen (secondary N) is 1. The van der Waals surface area contributed by atoms with Gasteiger partial charge in [0.1, 0.15) is 0 Å². The molecule has 1 aromatic rings. The Balaban J connectivity index is 1.84. The van der Waals surface area contributed by atoms with Gasteiger partial charge in [0, 0.05) is 25.6 Å². The van der Waals surface area contributed by atoms with Crippen molar-refractivity contribution in [2.24, 2.45) is 5.92 Å². The lowest BCUT2D eigenvalue weighted by Crippen LogP contribution is -2.42. The van der Waals surface area contributed by atoms with E-state index in [4.69, 9.17) is 0 Å². The number of aryl methyl sites for hydroxylation is 1. The lowest BCUT2D eigenvalue weighted by molar-refractivity contribution is -0.126. The van der Waals surface area contributed by atoms with Crippen LogP contribution in [0.15, 0.2) is 24.3 Å². The van der Waals surface area contributed by atoms with Crippen LogP contribution in [0.2, 0.25) is 0 Å². The molecule has 21 heavy (non-hydrogen) atoms. The van der Waals surface area contributed by atoms with Crippen molar-refractivity contribution in [3.63, 3.8) is 0 Å². The Morgan fingerprint density at radius 3 is 2.48 bits per heavy atom. The van der Waals surface area contributed by atoms with E-state index in [-0.39, 0.29) is 11.8 Å². The molecule has 1 saturated heterocycles. The molecule has 6 heteroatoms. The fraction of sp³-hybridized carbons (Fsp3) is 0.533. The fourth-order valence-corrected chi connectivity index (χ4v) is 3.46. The SMILES string of the molecule is Cc1ccccc1CNC(=O)C1CCN(S(C)(=O)=O)CC1. The van der Waals surface area contributed by atoms with Crippen LogP contribution in [0.25, 0.3) is 0 Å². The van der Waals surface area contributed by atoms with Gasteiger partial charge in [-0.2, -0.15) is 0 Å². The van der Waals surface area contributed by atoms with Crippen LogP contribution in [-0.2, 0) is 21.4 Å². The zero-order valence-electron chi connectivity index (χ0n) is 12.5. The van der Waals surface area contributed by atoms with Crippen molar-refractivity contribution >= 4 is 15.9 Å². The number of sulfonamides is 1. The Labute approximate surface area is 126 Å². The molecule has 5 nitrogen and oxygen atoms in total. The molecule has 1 heterocycles. The van der Waals surface area contributed by atoms with Crippen LogP contribution < -0.4 is 5.32 Å². The summed E-state index contributed by atoms with van der Waals surface area (Å²) in [4.78, 5) is 12.2. The van der Waals surface area contributed by atoms with Gasteiger partial charge in [0.25, 0.3) is 0 Å². The number of nitrogens with zero attached hydrogens (tertiary/aromatic N) is 1. The number of carbonyl (C=O) groups is 1. The van der Waals surface area contributed by atoms with Gasteiger partial charge in [-0.1, -0.05) is 24.3 Å². The van der Waals surface area contributed by atoms with Gasteiger partial charge in [-0.25, -0.2) is 12.7 Å². The first-order valence-electron chi connectivity index (χ1n) is 7.15. The molecule has 0 unspecified atom stereocenters. The molecule has 1 aromatic carbocycles. The molecule has 116 valence electrons. The van der Waals surface area contributed by atoms with Crippen molar-refractivity contribution in [3.05, 3.63) is 35.4 Å². The maximum absolute atomic E-state index is 12.2. The van der Waals surface area contributed by atoms with Crippen molar-refractivity contribution in [3.8, 4) is 0 Å². The summed E-state index contributed by atoms with van der Waals surface area (Å²) in [7, 11) is -3.13. The molecule has 0 saturated carbocycles. The van der Waals surface area contributed by atoms with Gasteiger partial charge >= 0.3 is 0 Å². The average Bonchev–Trinajstić information content (AvgIpc) is 2.45. The van der Waals surface area contributed by atoms with Gasteiger partial charge in [0.15, 0.2) is 0 Å². The summed E-state index contributed by atoms with van der Waals surface area (Å²) in [6, 6.07) is 7.95. The molecular weight excluding hydrogens is 288 g/mol. The summed E-state index contributed by atoms with van der Waals surface area (Å²) in [5.74, 6) is -0.0709. The summed E-state index contributed by atoms with van der Waals surface area (Å²) >= 11 is 0. The fourth-order valence-electron chi connectivity index (χ4n) is 2.58. The van der Waals surface area contributed by atoms with Crippen LogP contribution in [-0.4, -0.2) is 38.0 Å². The van der Waals surface area contributed by atoms with Crippen LogP contribution in [0.4, 0.5) is 0 Å². The van der Waals surface area contributed by atoms with Crippen LogP contribution in [0.1, 0.15) is 24.0 Å². The molecule has 0 spiro atoms. The molecule has 0 aromatic heterocycles. The van der Waals surface area contributed by atoms with Gasteiger partial charge in [-0.05, 0) is 30.9 Å². The predicted octanol–water partition coefficient (Wildman–Crippen LogP) is 1.28. The summed E-state index contributed by atoms with van der Waals surface area (Å²) in [6.07, 6.45) is 2.39. The monoisotopic (exact) mass is 310 g/mol. The molecule has 0 atom stereocenters. The summed E-state index contributed by atoms with van der Waals surface area (Å²) in [6.45, 7) is 3.41. The van der Waals surface area contributed by atoms with Gasteiger partial charge in [0.2, 0.25) is 15.9 Å². The van der Waals surface area contributed by atoms with E-state index < -0.39 is 10.0 Å². The molecule has 2 rings (SSSR count). The van der Waals surface area contributed by atoms with E-state index in [0.29, 0.717) is 32.5 Å². The Morgan fingerprint density at radius 1 is 1.29 bits per heavy atom. The van der Waals surface area contributed by atoms with Gasteiger partial charge in [-0.3, -0.25) is 4.79 Å². The molecule has 1 aliphatic rings. The second-order valence-corrected chi connectivity index (χ2v) is 7.56. The van der Waals surface area contributed by atoms with E-state index in [0.717, 1.165) is 11.1 Å². The van der Waals surface area contributed by atoms with Crippen LogP contribution >= 0.6 is 0 Å². The Morgan fingerprint density at radius 2 is 1.90 bits per heavy atom. The highest BCUT2D eigenvalue weighted by Crippen LogP contribution is 2.19. The van der Waals surface area contributed by atoms with Gasteiger partial charge < -0.3 is 5.32 Å². The van der Waals surface area contributed by atoms with Gasteiger partial charge in [-0.15, -0.1) is 0 Å². The number of rotatable bonds is 4. The first kappa shape index (κ1) is 16.0. The number of piperidine rings is 1. The maximum atomic E-state index is 12.2. The standard InChI is InChI=1S/C15H22N2O3S/c1-12-5-3-4-6-14(12)11-16-15(18)13-7-9-17(10-8-13)21(2,19)20/h3-6,13H,7-11H2,1-2H3,(H,16,18). The summed E-state index contributed by atoms with van der Waals surface area (Å²) < 4.78 is 24.3. The first-order chi connectivity index (χ1) is 9.88. The van der Waals surface area contributed by atoms with Crippen LogP contribution in [0.5, 0.6) is 0 Å². The minimum atomic E-state index is -3.13. The molecular formula is C15H22N2O3S. The largest absolute Gasteiger partial charge is 0.352 e. The van der Waals surface area contributed by atoms with Crippen molar-refractivity contribution in [1.29, 1.82) is 0 Å². The van der Waals surface area contributed by atoms with E-state index in [2.05, 4.69) is 5.32 Å². The topological polar surface area (TPSA) is 66.5 Å². The smallest absolute Gasteiger partial charge is 0.223 e. The summed E-state index contributed by atoms with van der Waals surface area (Å²) in [5.41, 5.74) is 2.27. The van der Waals surface area contributed by atoms with E-state index in [9.17, 15) is 13.2 Å². The highest BCUT2D eigenvalue weighted by Gasteiger charge is 2.28. The van der Waals surface area contributed by atoms with Crippen molar-refractivity contribution in [2.45, 2.75) is 26.3 Å². The Hall–Kier alpha value is -1.40. The molecule has 0 radical (unpaired) electrons. The quantitative estimate of drug-likeness (QED) is 0.911. The van der Waals surface area contributed by atoms with Crippen LogP contribution in [0, 0.1) is 12.8 Å². The number of hydrogen-bond acceptors (Lipinski definition) is 3. The van der Waals surface area contributed by atoms with Crippen molar-refractivity contribution < 1.29 is 13.2 Å². The van der Waals surface area contributed by atoms with Crippen molar-refractivity contribution in [1.82, 2.24) is 9.62 Å². The lowest BCUT2D eigenvalue weighted by Gasteiger charge is -2.29. The third-order valence-corrected chi connectivity index (χ3v) is 5.31. The second-order valence-electron chi connectivity index (χ2n) is 5.58. The zero-order valence-corrected chi connectivity index (χ0v) is 13.3. The maximum Gasteiger partial charge on any atom is 0.223 e. The van der Waals surface area contributed by atoms with E-state index in [1.165, 1.54) is 10.6 Å². The highest BCUT2D eigenvalue weighted by atomic mass is 32.2. The first-order valence-corrected chi connectivity index (χ1v) is 9.00. The van der Waals surface area contributed by atoms with E-state index in [1.54, 1.807) is 0 Å². The predicted molar refractivity (Wildman–Crippen MR) is 82.2 cm³/mol. The third kappa shape index (κ3) is 4.28. The Kier molecular flexibility index (Phi) is 5.00.